The number of hydrogen-bond acceptors (Lipinski definition) is 4. The Morgan fingerprint density at radius 1 is 1.16 bits per heavy atom. The van der Waals surface area contributed by atoms with Gasteiger partial charge in [-0.1, -0.05) is 32.9 Å². The first-order valence-electron chi connectivity index (χ1n) is 12.3. The van der Waals surface area contributed by atoms with Crippen LogP contribution in [0.3, 0.4) is 0 Å². The van der Waals surface area contributed by atoms with Gasteiger partial charge in [0.1, 0.15) is 0 Å². The Bertz CT molecular complexity index is 914. The molecule has 8 atom stereocenters. The molecule has 0 radical (unpaired) electrons. The van der Waals surface area contributed by atoms with Crippen LogP contribution in [0.25, 0.3) is 0 Å². The minimum absolute atomic E-state index is 0.00681. The van der Waals surface area contributed by atoms with E-state index in [9.17, 15) is 14.4 Å². The summed E-state index contributed by atoms with van der Waals surface area (Å²) in [5, 5.41) is 0. The molecule has 4 fully saturated rings. The van der Waals surface area contributed by atoms with Crippen LogP contribution in [0.15, 0.2) is 23.8 Å². The number of carbonyl (C=O) groups excluding carboxylic acids is 3. The zero-order valence-electron chi connectivity index (χ0n) is 19.5. The maximum atomic E-state index is 13.0. The highest BCUT2D eigenvalue weighted by Gasteiger charge is 2.70. The van der Waals surface area contributed by atoms with Gasteiger partial charge < -0.3 is 4.74 Å². The van der Waals surface area contributed by atoms with Crippen molar-refractivity contribution in [3.05, 3.63) is 23.8 Å². The minimum atomic E-state index is -0.988. The summed E-state index contributed by atoms with van der Waals surface area (Å²) >= 11 is 0. The van der Waals surface area contributed by atoms with E-state index >= 15 is 0 Å². The molecule has 0 unspecified atom stereocenters. The molecule has 31 heavy (non-hydrogen) atoms. The number of ether oxygens (including phenoxy) is 1. The maximum absolute atomic E-state index is 13.0. The molecule has 5 aliphatic rings. The molecular weight excluding hydrogens is 388 g/mol. The van der Waals surface area contributed by atoms with Crippen molar-refractivity contribution in [1.29, 1.82) is 0 Å². The third kappa shape index (κ3) is 2.57. The lowest BCUT2D eigenvalue weighted by Crippen LogP contribution is -2.59. The van der Waals surface area contributed by atoms with Crippen molar-refractivity contribution in [2.24, 2.45) is 40.4 Å². The molecule has 4 nitrogen and oxygen atoms in total. The van der Waals surface area contributed by atoms with Gasteiger partial charge >= 0.3 is 5.97 Å². The monoisotopic (exact) mass is 424 g/mol. The number of ketones is 2. The molecule has 168 valence electrons. The maximum Gasteiger partial charge on any atom is 0.306 e. The van der Waals surface area contributed by atoms with Gasteiger partial charge in [-0.15, -0.1) is 0 Å². The summed E-state index contributed by atoms with van der Waals surface area (Å²) in [5.74, 6) is 2.03. The third-order valence-electron chi connectivity index (χ3n) is 10.3. The van der Waals surface area contributed by atoms with Crippen LogP contribution in [0.1, 0.15) is 79.1 Å². The molecule has 0 aromatic rings. The van der Waals surface area contributed by atoms with E-state index in [0.29, 0.717) is 42.3 Å². The molecule has 0 heterocycles. The zero-order valence-corrected chi connectivity index (χ0v) is 19.5. The number of Topliss-reactive ketones (excluding diaryl/α,β-unsaturated/α-hetero) is 1. The smallest absolute Gasteiger partial charge is 0.306 e. The molecule has 0 N–H and O–H groups in total. The average molecular weight is 425 g/mol. The topological polar surface area (TPSA) is 60.4 Å². The van der Waals surface area contributed by atoms with E-state index in [2.05, 4.69) is 20.4 Å². The van der Waals surface area contributed by atoms with Crippen LogP contribution < -0.4 is 0 Å². The number of fused-ring (bicyclic) bond motifs is 7. The van der Waals surface area contributed by atoms with Crippen LogP contribution in [-0.2, 0) is 19.1 Å². The molecule has 0 aromatic heterocycles. The quantitative estimate of drug-likeness (QED) is 0.581. The molecule has 5 rings (SSSR count). The summed E-state index contributed by atoms with van der Waals surface area (Å²) in [6.45, 7) is 12.6. The Hall–Kier alpha value is -1.71. The normalized spacial score (nSPS) is 47.5. The average Bonchev–Trinajstić information content (AvgIpc) is 3.45. The second-order valence-electron chi connectivity index (χ2n) is 11.5. The van der Waals surface area contributed by atoms with E-state index in [1.165, 1.54) is 5.57 Å². The molecule has 4 heteroatoms. The van der Waals surface area contributed by atoms with Gasteiger partial charge in [-0.3, -0.25) is 14.4 Å². The van der Waals surface area contributed by atoms with E-state index < -0.39 is 5.60 Å². The Balaban J connectivity index is 1.52. The fraction of sp³-hybridized carbons (Fsp3) is 0.741. The van der Waals surface area contributed by atoms with E-state index in [1.54, 1.807) is 6.92 Å². The minimum Gasteiger partial charge on any atom is -0.450 e. The lowest BCUT2D eigenvalue weighted by Gasteiger charge is -2.59. The standard InChI is InChI=1S/C27H36O4/c1-6-7-24(30)31-27(16(3)28)11-9-19-17-12-15(2)21-14-23(29)18-13-22(18)26(21,5)20(17)8-10-25(19,27)4/h14,17-20,22H,2,6-13H2,1,3-5H3/t17-,18+,19-,20-,22-,25-,26+,27-/m0/s1. The highest BCUT2D eigenvalue weighted by molar-refractivity contribution is 5.97. The van der Waals surface area contributed by atoms with Crippen LogP contribution in [0, 0.1) is 40.4 Å². The highest BCUT2D eigenvalue weighted by atomic mass is 16.6. The summed E-state index contributed by atoms with van der Waals surface area (Å²) in [6, 6.07) is 0. The second kappa shape index (κ2) is 6.65. The Morgan fingerprint density at radius 3 is 2.55 bits per heavy atom. The lowest BCUT2D eigenvalue weighted by atomic mass is 9.45. The van der Waals surface area contributed by atoms with Crippen molar-refractivity contribution < 1.29 is 19.1 Å². The van der Waals surface area contributed by atoms with Gasteiger partial charge in [0.15, 0.2) is 17.2 Å². The first kappa shape index (κ1) is 21.2. The summed E-state index contributed by atoms with van der Waals surface area (Å²) in [7, 11) is 0. The summed E-state index contributed by atoms with van der Waals surface area (Å²) in [5.41, 5.74) is 1.05. The lowest BCUT2D eigenvalue weighted by molar-refractivity contribution is -0.188. The van der Waals surface area contributed by atoms with Crippen LogP contribution >= 0.6 is 0 Å². The summed E-state index contributed by atoms with van der Waals surface area (Å²) in [4.78, 5) is 38.1. The molecule has 0 saturated heterocycles. The van der Waals surface area contributed by atoms with Crippen LogP contribution in [0.2, 0.25) is 0 Å². The van der Waals surface area contributed by atoms with Crippen molar-refractivity contribution in [3.8, 4) is 0 Å². The Labute approximate surface area is 185 Å². The van der Waals surface area contributed by atoms with Crippen molar-refractivity contribution in [2.45, 2.75) is 84.7 Å². The van der Waals surface area contributed by atoms with E-state index in [-0.39, 0.29) is 28.5 Å². The molecule has 0 bridgehead atoms. The Kier molecular flexibility index (Phi) is 4.54. The number of hydrogen-bond donors (Lipinski definition) is 0. The second-order valence-corrected chi connectivity index (χ2v) is 11.5. The van der Waals surface area contributed by atoms with Crippen molar-refractivity contribution in [2.75, 3.05) is 0 Å². The van der Waals surface area contributed by atoms with Gasteiger partial charge in [-0.2, -0.15) is 0 Å². The van der Waals surface area contributed by atoms with Crippen molar-refractivity contribution in [1.82, 2.24) is 0 Å². The van der Waals surface area contributed by atoms with E-state index in [1.807, 2.05) is 13.0 Å². The Morgan fingerprint density at radius 2 is 1.87 bits per heavy atom. The molecule has 0 aliphatic heterocycles. The first-order chi connectivity index (χ1) is 14.6. The largest absolute Gasteiger partial charge is 0.450 e. The van der Waals surface area contributed by atoms with Gasteiger partial charge in [-0.05, 0) is 92.6 Å². The van der Waals surface area contributed by atoms with Crippen LogP contribution in [-0.4, -0.2) is 23.1 Å². The van der Waals surface area contributed by atoms with E-state index in [4.69, 9.17) is 4.74 Å². The number of rotatable bonds is 4. The van der Waals surface area contributed by atoms with Gasteiger partial charge in [0.25, 0.3) is 0 Å². The molecule has 4 saturated carbocycles. The number of esters is 1. The molecule has 0 aromatic carbocycles. The van der Waals surface area contributed by atoms with Crippen molar-refractivity contribution in [3.63, 3.8) is 0 Å². The molecular formula is C27H36O4. The van der Waals surface area contributed by atoms with Crippen molar-refractivity contribution >= 4 is 17.5 Å². The summed E-state index contributed by atoms with van der Waals surface area (Å²) in [6.07, 6.45) is 8.41. The predicted molar refractivity (Wildman–Crippen MR) is 118 cm³/mol. The zero-order chi connectivity index (χ0) is 22.3. The SMILES string of the molecule is C=C1C[C@@H]2[C@H](CC[C@@]3(C)[C@H]2CC[C@]3(OC(=O)CCC)C(C)=O)[C@]2(C)C1=CC(=O)[C@@H]1C[C@@H]12. The van der Waals surface area contributed by atoms with Gasteiger partial charge in [0, 0.05) is 17.8 Å². The fourth-order valence-electron chi connectivity index (χ4n) is 8.71. The van der Waals surface area contributed by atoms with Gasteiger partial charge in [0.2, 0.25) is 0 Å². The molecule has 0 amide bonds. The van der Waals surface area contributed by atoms with Crippen LogP contribution in [0.4, 0.5) is 0 Å². The fourth-order valence-corrected chi connectivity index (χ4v) is 8.71. The predicted octanol–water partition coefficient (Wildman–Crippen LogP) is 5.21. The highest BCUT2D eigenvalue weighted by Crippen LogP contribution is 2.73. The van der Waals surface area contributed by atoms with Crippen LogP contribution in [0.5, 0.6) is 0 Å². The number of carbonyl (C=O) groups is 3. The number of allylic oxidation sites excluding steroid dienone is 2. The third-order valence-corrected chi connectivity index (χ3v) is 10.3. The first-order valence-corrected chi connectivity index (χ1v) is 12.3. The van der Waals surface area contributed by atoms with E-state index in [0.717, 1.165) is 44.1 Å². The van der Waals surface area contributed by atoms with Gasteiger partial charge in [0.05, 0.1) is 0 Å². The molecule has 0 spiro atoms. The summed E-state index contributed by atoms with van der Waals surface area (Å²) < 4.78 is 6.09. The molecule has 5 aliphatic carbocycles. The van der Waals surface area contributed by atoms with Gasteiger partial charge in [-0.25, -0.2) is 0 Å².